The Bertz CT molecular complexity index is 1060. The zero-order chi connectivity index (χ0) is 20.4. The molecule has 3 aliphatic rings. The Hall–Kier alpha value is -2.64. The summed E-state index contributed by atoms with van der Waals surface area (Å²) in [5, 5.41) is 0.535. The molecule has 0 aliphatic carbocycles. The van der Waals surface area contributed by atoms with Crippen molar-refractivity contribution in [1.82, 2.24) is 9.88 Å². The van der Waals surface area contributed by atoms with E-state index in [4.69, 9.17) is 31.8 Å². The summed E-state index contributed by atoms with van der Waals surface area (Å²) in [5.74, 6) is 0.582. The van der Waals surface area contributed by atoms with Gasteiger partial charge in [0.15, 0.2) is 5.96 Å². The molecule has 7 nitrogen and oxygen atoms in total. The number of aliphatic imine (C=N–C) groups is 1. The molecule has 1 spiro atoms. The number of carbonyl (C=O) groups excluding carboxylic acids is 1. The van der Waals surface area contributed by atoms with Crippen molar-refractivity contribution in [2.24, 2.45) is 10.7 Å². The average molecular weight is 413 g/mol. The van der Waals surface area contributed by atoms with Gasteiger partial charge in [0.1, 0.15) is 17.5 Å². The van der Waals surface area contributed by atoms with Crippen molar-refractivity contribution in [3.05, 3.63) is 47.2 Å². The van der Waals surface area contributed by atoms with Gasteiger partial charge in [-0.3, -0.25) is 14.7 Å². The monoisotopic (exact) mass is 412 g/mol. The minimum absolute atomic E-state index is 0.173. The Morgan fingerprint density at radius 1 is 1.28 bits per heavy atom. The number of likely N-dealkylation sites (N-methyl/N-ethyl adjacent to an activating group) is 1. The van der Waals surface area contributed by atoms with Crippen LogP contribution in [0.3, 0.4) is 0 Å². The fourth-order valence-electron chi connectivity index (χ4n) is 4.66. The standard InChI is InChI=1S/C21H21ClN4O3/c1-20-17(4-3-7-28-20)29-16-6-5-12(13-8-14(22)11-24-10-13)9-15(16)21(20)18(27)26(2)19(23)25-21/h5-6,8-11,17H,3-4,7H2,1-2H3,(H2,23,25)/t17-,20-,21+/m0/s1. The molecule has 0 bridgehead atoms. The molecule has 1 fully saturated rings. The summed E-state index contributed by atoms with van der Waals surface area (Å²) in [6.45, 7) is 2.44. The summed E-state index contributed by atoms with van der Waals surface area (Å²) in [6, 6.07) is 7.55. The normalized spacial score (nSPS) is 30.6. The van der Waals surface area contributed by atoms with Gasteiger partial charge in [0.25, 0.3) is 5.91 Å². The number of carbonyl (C=O) groups is 1. The van der Waals surface area contributed by atoms with Gasteiger partial charge in [0, 0.05) is 37.2 Å². The summed E-state index contributed by atoms with van der Waals surface area (Å²) in [5.41, 5.74) is 6.19. The number of fused-ring (bicyclic) bond motifs is 4. The molecule has 2 N–H and O–H groups in total. The lowest BCUT2D eigenvalue weighted by Gasteiger charge is -2.52. The van der Waals surface area contributed by atoms with Crippen molar-refractivity contribution in [3.8, 4) is 16.9 Å². The van der Waals surface area contributed by atoms with E-state index in [0.717, 1.165) is 24.0 Å². The first kappa shape index (κ1) is 18.4. The Morgan fingerprint density at radius 2 is 2.10 bits per heavy atom. The quantitative estimate of drug-likeness (QED) is 0.777. The zero-order valence-electron chi connectivity index (χ0n) is 16.2. The lowest BCUT2D eigenvalue weighted by molar-refractivity contribution is -0.191. The summed E-state index contributed by atoms with van der Waals surface area (Å²) < 4.78 is 12.5. The Labute approximate surface area is 173 Å². The molecule has 0 unspecified atom stereocenters. The molecule has 150 valence electrons. The molecular weight excluding hydrogens is 392 g/mol. The van der Waals surface area contributed by atoms with E-state index >= 15 is 0 Å². The molecule has 5 rings (SSSR count). The highest BCUT2D eigenvalue weighted by molar-refractivity contribution is 6.30. The molecule has 1 saturated heterocycles. The fraction of sp³-hybridized carbons (Fsp3) is 0.381. The molecule has 0 saturated carbocycles. The number of hydrogen-bond acceptors (Lipinski definition) is 6. The van der Waals surface area contributed by atoms with E-state index < -0.39 is 11.1 Å². The minimum Gasteiger partial charge on any atom is -0.487 e. The highest BCUT2D eigenvalue weighted by Crippen LogP contribution is 2.55. The summed E-state index contributed by atoms with van der Waals surface area (Å²) in [7, 11) is 1.64. The molecule has 0 radical (unpaired) electrons. The van der Waals surface area contributed by atoms with Crippen molar-refractivity contribution in [3.63, 3.8) is 0 Å². The number of nitrogens with zero attached hydrogens (tertiary/aromatic N) is 3. The molecule has 3 atom stereocenters. The number of benzene rings is 1. The van der Waals surface area contributed by atoms with Crippen molar-refractivity contribution < 1.29 is 14.3 Å². The Morgan fingerprint density at radius 3 is 2.83 bits per heavy atom. The van der Waals surface area contributed by atoms with Crippen LogP contribution in [-0.4, -0.2) is 47.1 Å². The Balaban J connectivity index is 1.77. The third-order valence-electron chi connectivity index (χ3n) is 6.26. The lowest BCUT2D eigenvalue weighted by atomic mass is 9.68. The van der Waals surface area contributed by atoms with Crippen molar-refractivity contribution >= 4 is 23.5 Å². The van der Waals surface area contributed by atoms with Crippen LogP contribution in [0.15, 0.2) is 41.7 Å². The van der Waals surface area contributed by atoms with Gasteiger partial charge in [-0.15, -0.1) is 0 Å². The maximum absolute atomic E-state index is 13.6. The van der Waals surface area contributed by atoms with Crippen molar-refractivity contribution in [1.29, 1.82) is 0 Å². The zero-order valence-corrected chi connectivity index (χ0v) is 16.9. The fourth-order valence-corrected chi connectivity index (χ4v) is 4.83. The molecule has 1 aromatic heterocycles. The van der Waals surface area contributed by atoms with Crippen LogP contribution in [0, 0.1) is 0 Å². The molecule has 2 aromatic rings. The van der Waals surface area contributed by atoms with Crippen LogP contribution in [0.5, 0.6) is 5.75 Å². The van der Waals surface area contributed by atoms with Gasteiger partial charge >= 0.3 is 0 Å². The van der Waals surface area contributed by atoms with Gasteiger partial charge in [0.05, 0.1) is 5.02 Å². The van der Waals surface area contributed by atoms with E-state index in [2.05, 4.69) is 4.98 Å². The second kappa shape index (κ2) is 6.18. The minimum atomic E-state index is -1.30. The largest absolute Gasteiger partial charge is 0.487 e. The van der Waals surface area contributed by atoms with Crippen LogP contribution < -0.4 is 10.5 Å². The highest BCUT2D eigenvalue weighted by atomic mass is 35.5. The van der Waals surface area contributed by atoms with E-state index in [1.54, 1.807) is 19.4 Å². The van der Waals surface area contributed by atoms with Gasteiger partial charge in [-0.1, -0.05) is 17.7 Å². The predicted octanol–water partition coefficient (Wildman–Crippen LogP) is 2.71. The van der Waals surface area contributed by atoms with Gasteiger partial charge < -0.3 is 15.2 Å². The molecular formula is C21H21ClN4O3. The maximum atomic E-state index is 13.6. The number of rotatable bonds is 1. The number of ether oxygens (including phenoxy) is 2. The van der Waals surface area contributed by atoms with Crippen LogP contribution in [-0.2, 0) is 15.1 Å². The number of aromatic nitrogens is 1. The number of guanidine groups is 1. The number of nitrogens with two attached hydrogens (primary N) is 1. The van der Waals surface area contributed by atoms with Crippen molar-refractivity contribution in [2.45, 2.75) is 37.0 Å². The van der Waals surface area contributed by atoms with Gasteiger partial charge in [-0.25, -0.2) is 4.99 Å². The number of amides is 1. The van der Waals surface area contributed by atoms with E-state index in [9.17, 15) is 4.79 Å². The summed E-state index contributed by atoms with van der Waals surface area (Å²) >= 11 is 6.13. The molecule has 8 heteroatoms. The number of hydrogen-bond donors (Lipinski definition) is 1. The molecule has 4 heterocycles. The van der Waals surface area contributed by atoms with E-state index in [-0.39, 0.29) is 18.0 Å². The first-order valence-corrected chi connectivity index (χ1v) is 9.94. The molecule has 1 aromatic carbocycles. The second-order valence-electron chi connectivity index (χ2n) is 7.85. The third-order valence-corrected chi connectivity index (χ3v) is 6.47. The topological polar surface area (TPSA) is 90.0 Å². The number of halogens is 1. The van der Waals surface area contributed by atoms with Gasteiger partial charge in [-0.2, -0.15) is 0 Å². The van der Waals surface area contributed by atoms with E-state index in [1.165, 1.54) is 4.90 Å². The van der Waals surface area contributed by atoms with Gasteiger partial charge in [-0.05, 0) is 43.5 Å². The smallest absolute Gasteiger partial charge is 0.265 e. The maximum Gasteiger partial charge on any atom is 0.265 e. The molecule has 1 amide bonds. The first-order valence-electron chi connectivity index (χ1n) is 9.56. The van der Waals surface area contributed by atoms with Crippen LogP contribution >= 0.6 is 11.6 Å². The second-order valence-corrected chi connectivity index (χ2v) is 8.29. The molecule has 3 aliphatic heterocycles. The van der Waals surface area contributed by atoms with Crippen molar-refractivity contribution in [2.75, 3.05) is 13.7 Å². The molecule has 29 heavy (non-hydrogen) atoms. The van der Waals surface area contributed by atoms with Crippen LogP contribution in [0.4, 0.5) is 0 Å². The predicted molar refractivity (Wildman–Crippen MR) is 109 cm³/mol. The Kier molecular flexibility index (Phi) is 3.92. The number of pyridine rings is 1. The average Bonchev–Trinajstić information content (AvgIpc) is 2.94. The van der Waals surface area contributed by atoms with Crippen LogP contribution in [0.2, 0.25) is 5.02 Å². The summed E-state index contributed by atoms with van der Waals surface area (Å²) in [6.07, 6.45) is 4.65. The first-order chi connectivity index (χ1) is 13.9. The third kappa shape index (κ3) is 2.37. The van der Waals surface area contributed by atoms with E-state index in [1.807, 2.05) is 31.2 Å². The SMILES string of the molecule is CN1C(=O)[C@]2(N=C1N)c1cc(-c3cncc(Cl)c3)ccc1O[C@H]1CCCO[C@@]12C. The van der Waals surface area contributed by atoms with Crippen LogP contribution in [0.25, 0.3) is 11.1 Å². The van der Waals surface area contributed by atoms with Crippen LogP contribution in [0.1, 0.15) is 25.3 Å². The van der Waals surface area contributed by atoms with E-state index in [0.29, 0.717) is 22.9 Å². The summed E-state index contributed by atoms with van der Waals surface area (Å²) in [4.78, 5) is 23.9. The van der Waals surface area contributed by atoms with Gasteiger partial charge in [0.2, 0.25) is 5.54 Å². The lowest BCUT2D eigenvalue weighted by Crippen LogP contribution is -2.67. The highest BCUT2D eigenvalue weighted by Gasteiger charge is 2.68.